The molecule has 102 valence electrons. The van der Waals surface area contributed by atoms with Gasteiger partial charge in [0.05, 0.1) is 0 Å². The summed E-state index contributed by atoms with van der Waals surface area (Å²) in [5.74, 6) is -3.18. The summed E-state index contributed by atoms with van der Waals surface area (Å²) in [5.41, 5.74) is 0. The Morgan fingerprint density at radius 3 is 2.21 bits per heavy atom. The Hall–Kier alpha value is -0.670. The predicted octanol–water partition coefficient (Wildman–Crippen LogP) is -3.94. The molecule has 1 N–H and O–H groups in total. The number of hydrogen-bond donors (Lipinski definition) is 1. The smallest absolute Gasteiger partial charge is 0.550 e. The van der Waals surface area contributed by atoms with Gasteiger partial charge in [0.15, 0.2) is 5.25 Å². The number of carbonyl (C=O) groups is 2. The second-order valence-electron chi connectivity index (χ2n) is 3.32. The number of aliphatic carboxylic acids is 1. The van der Waals surface area contributed by atoms with Crippen molar-refractivity contribution in [2.45, 2.75) is 24.2 Å². The van der Waals surface area contributed by atoms with Gasteiger partial charge in [0.1, 0.15) is 6.10 Å². The van der Waals surface area contributed by atoms with Crippen LogP contribution in [0.25, 0.3) is 0 Å². The summed E-state index contributed by atoms with van der Waals surface area (Å²) in [6.07, 6.45) is 0.774. The molecular formula is C10H13NaO7S. The van der Waals surface area contributed by atoms with Gasteiger partial charge in [-0.1, -0.05) is 18.7 Å². The standard InChI is InChI=1S/C10H14O7S.Na/c1-3-5-7(4-2)17-10(13)8(6-9(11)12)18(14,15)16;/h3-4,7-8H,1-2,5-6H2,(H,11,12)(H,14,15,16);/q;+1/p-1. The van der Waals surface area contributed by atoms with E-state index in [9.17, 15) is 23.1 Å². The molecule has 0 aliphatic carbocycles. The van der Waals surface area contributed by atoms with Crippen molar-refractivity contribution in [3.8, 4) is 0 Å². The molecule has 0 aromatic heterocycles. The van der Waals surface area contributed by atoms with E-state index < -0.39 is 39.8 Å². The third-order valence-corrected chi connectivity index (χ3v) is 2.98. The molecule has 9 heteroatoms. The first kappa shape index (κ1) is 20.6. The molecule has 2 atom stereocenters. The van der Waals surface area contributed by atoms with Gasteiger partial charge in [-0.25, -0.2) is 0 Å². The molecule has 0 saturated heterocycles. The Kier molecular flexibility index (Phi) is 10.1. The van der Waals surface area contributed by atoms with E-state index in [0.29, 0.717) is 0 Å². The van der Waals surface area contributed by atoms with E-state index in [2.05, 4.69) is 17.9 Å². The monoisotopic (exact) mass is 300 g/mol. The number of hydrogen-bond acceptors (Lipinski definition) is 6. The molecular weight excluding hydrogens is 287 g/mol. The molecule has 0 radical (unpaired) electrons. The zero-order valence-corrected chi connectivity index (χ0v) is 13.3. The van der Waals surface area contributed by atoms with Gasteiger partial charge < -0.3 is 14.6 Å². The molecule has 0 aliphatic rings. The average Bonchev–Trinajstić information content (AvgIpc) is 2.23. The van der Waals surface area contributed by atoms with Crippen LogP contribution < -0.4 is 34.7 Å². The fraction of sp³-hybridized carbons (Fsp3) is 0.400. The molecule has 0 saturated carbocycles. The van der Waals surface area contributed by atoms with Crippen LogP contribution in [-0.2, 0) is 24.4 Å². The molecule has 19 heavy (non-hydrogen) atoms. The van der Waals surface area contributed by atoms with Crippen molar-refractivity contribution in [1.29, 1.82) is 0 Å². The maximum Gasteiger partial charge on any atom is 1.00 e. The summed E-state index contributed by atoms with van der Waals surface area (Å²) in [7, 11) is -4.88. The Bertz CT molecular complexity index is 443. The minimum Gasteiger partial charge on any atom is -0.550 e. The molecule has 0 heterocycles. The summed E-state index contributed by atoms with van der Waals surface area (Å²) in [6, 6.07) is 0. The topological polar surface area (TPSA) is 121 Å². The summed E-state index contributed by atoms with van der Waals surface area (Å²) in [5, 5.41) is 8.10. The first-order chi connectivity index (χ1) is 8.22. The van der Waals surface area contributed by atoms with Crippen molar-refractivity contribution < 1.29 is 62.0 Å². The number of esters is 1. The van der Waals surface area contributed by atoms with Crippen molar-refractivity contribution >= 4 is 22.1 Å². The first-order valence-corrected chi connectivity index (χ1v) is 6.32. The Morgan fingerprint density at radius 1 is 1.37 bits per heavy atom. The largest absolute Gasteiger partial charge is 1.00 e. The fourth-order valence-corrected chi connectivity index (χ4v) is 1.69. The van der Waals surface area contributed by atoms with E-state index in [0.717, 1.165) is 0 Å². The zero-order chi connectivity index (χ0) is 14.3. The van der Waals surface area contributed by atoms with Gasteiger partial charge in [-0.3, -0.25) is 9.35 Å². The quantitative estimate of drug-likeness (QED) is 0.210. The van der Waals surface area contributed by atoms with Crippen LogP contribution in [0.2, 0.25) is 0 Å². The summed E-state index contributed by atoms with van der Waals surface area (Å²) >= 11 is 0. The molecule has 0 spiro atoms. The van der Waals surface area contributed by atoms with Crippen LogP contribution in [0.1, 0.15) is 12.8 Å². The van der Waals surface area contributed by atoms with Crippen molar-refractivity contribution in [1.82, 2.24) is 0 Å². The van der Waals surface area contributed by atoms with Gasteiger partial charge in [-0.2, -0.15) is 8.42 Å². The molecule has 0 rings (SSSR count). The maximum absolute atomic E-state index is 11.4. The molecule has 0 aromatic carbocycles. The molecule has 0 fully saturated rings. The van der Waals surface area contributed by atoms with Crippen molar-refractivity contribution in [3.63, 3.8) is 0 Å². The average molecular weight is 300 g/mol. The number of carbonyl (C=O) groups excluding carboxylic acids is 2. The fourth-order valence-electron chi connectivity index (χ4n) is 1.04. The van der Waals surface area contributed by atoms with E-state index >= 15 is 0 Å². The summed E-state index contributed by atoms with van der Waals surface area (Å²) in [6.45, 7) is 6.74. The number of carboxylic acids is 1. The molecule has 7 nitrogen and oxygen atoms in total. The summed E-state index contributed by atoms with van der Waals surface area (Å²) in [4.78, 5) is 21.7. The van der Waals surface area contributed by atoms with Gasteiger partial charge >= 0.3 is 35.5 Å². The zero-order valence-electron chi connectivity index (χ0n) is 10.4. The van der Waals surface area contributed by atoms with Crippen LogP contribution in [0.4, 0.5) is 0 Å². The van der Waals surface area contributed by atoms with Gasteiger partial charge in [-0.15, -0.1) is 6.58 Å². The second-order valence-corrected chi connectivity index (χ2v) is 4.91. The number of rotatable bonds is 8. The van der Waals surface area contributed by atoms with Crippen LogP contribution >= 0.6 is 0 Å². The van der Waals surface area contributed by atoms with Gasteiger partial charge in [0, 0.05) is 18.8 Å². The third kappa shape index (κ3) is 8.17. The Balaban J connectivity index is 0. The Morgan fingerprint density at radius 2 is 1.89 bits per heavy atom. The van der Waals surface area contributed by atoms with E-state index in [1.807, 2.05) is 0 Å². The maximum atomic E-state index is 11.4. The third-order valence-electron chi connectivity index (χ3n) is 1.90. The second kappa shape index (κ2) is 9.27. The van der Waals surface area contributed by atoms with E-state index in [4.69, 9.17) is 4.55 Å². The van der Waals surface area contributed by atoms with Crippen molar-refractivity contribution in [2.24, 2.45) is 0 Å². The van der Waals surface area contributed by atoms with Crippen LogP contribution in [0.3, 0.4) is 0 Å². The van der Waals surface area contributed by atoms with Gasteiger partial charge in [0.2, 0.25) is 0 Å². The molecule has 0 aromatic rings. The number of ether oxygens (including phenoxy) is 1. The Labute approximate surface area is 133 Å². The number of carboxylic acid groups (broad SMARTS) is 1. The molecule has 2 unspecified atom stereocenters. The molecule has 0 amide bonds. The first-order valence-electron chi connectivity index (χ1n) is 4.82. The van der Waals surface area contributed by atoms with E-state index in [1.54, 1.807) is 0 Å². The van der Waals surface area contributed by atoms with Crippen LogP contribution in [-0.4, -0.2) is 36.3 Å². The van der Waals surface area contributed by atoms with Crippen LogP contribution in [0.5, 0.6) is 0 Å². The molecule has 0 aliphatic heterocycles. The molecule has 0 bridgehead atoms. The van der Waals surface area contributed by atoms with Crippen LogP contribution in [0.15, 0.2) is 25.3 Å². The van der Waals surface area contributed by atoms with Gasteiger partial charge in [-0.05, 0) is 0 Å². The van der Waals surface area contributed by atoms with Crippen molar-refractivity contribution in [2.75, 3.05) is 0 Å². The van der Waals surface area contributed by atoms with Crippen LogP contribution in [0, 0.1) is 0 Å². The predicted molar refractivity (Wildman–Crippen MR) is 59.9 cm³/mol. The normalized spacial score (nSPS) is 13.5. The SMILES string of the molecule is C=CCC(C=C)OC(=O)C(CC(=O)[O-])S(=O)(=O)O.[Na+]. The van der Waals surface area contributed by atoms with E-state index in [-0.39, 0.29) is 36.0 Å². The van der Waals surface area contributed by atoms with Crippen molar-refractivity contribution in [3.05, 3.63) is 25.3 Å². The minimum atomic E-state index is -4.88. The van der Waals surface area contributed by atoms with Gasteiger partial charge in [0.25, 0.3) is 10.1 Å². The summed E-state index contributed by atoms with van der Waals surface area (Å²) < 4.78 is 35.1. The van der Waals surface area contributed by atoms with E-state index in [1.165, 1.54) is 12.2 Å². The minimum absolute atomic E-state index is 0.